The van der Waals surface area contributed by atoms with Gasteiger partial charge in [0.05, 0.1) is 0 Å². The van der Waals surface area contributed by atoms with Gasteiger partial charge in [-0.2, -0.15) is 8.42 Å². The Labute approximate surface area is 122 Å². The first-order valence-corrected chi connectivity index (χ1v) is 7.70. The SMILES string of the molecule is O=S(=O)(O)c1cc2ccccc2c(O)c1-c1ccccc1. The molecule has 0 unspecified atom stereocenters. The van der Waals surface area contributed by atoms with E-state index in [2.05, 4.69) is 0 Å². The van der Waals surface area contributed by atoms with Crippen molar-refractivity contribution in [2.75, 3.05) is 0 Å². The lowest BCUT2D eigenvalue weighted by molar-refractivity contribution is 0.473. The lowest BCUT2D eigenvalue weighted by atomic mass is 9.99. The third-order valence-electron chi connectivity index (χ3n) is 3.33. The van der Waals surface area contributed by atoms with Crippen LogP contribution in [0.4, 0.5) is 0 Å². The van der Waals surface area contributed by atoms with Crippen LogP contribution in [0.15, 0.2) is 65.6 Å². The second kappa shape index (κ2) is 4.87. The van der Waals surface area contributed by atoms with E-state index in [1.165, 1.54) is 6.07 Å². The predicted molar refractivity (Wildman–Crippen MR) is 80.9 cm³/mol. The minimum Gasteiger partial charge on any atom is -0.507 e. The predicted octanol–water partition coefficient (Wildman–Crippen LogP) is 3.46. The summed E-state index contributed by atoms with van der Waals surface area (Å²) in [6.07, 6.45) is 0. The first-order valence-electron chi connectivity index (χ1n) is 6.26. The molecule has 106 valence electrons. The van der Waals surface area contributed by atoms with Crippen LogP contribution >= 0.6 is 0 Å². The van der Waals surface area contributed by atoms with E-state index in [0.717, 1.165) is 0 Å². The molecule has 0 atom stereocenters. The topological polar surface area (TPSA) is 74.6 Å². The lowest BCUT2D eigenvalue weighted by Crippen LogP contribution is -2.01. The molecule has 0 aliphatic rings. The molecule has 0 aliphatic carbocycles. The fourth-order valence-electron chi connectivity index (χ4n) is 2.39. The van der Waals surface area contributed by atoms with Gasteiger partial charge in [0.2, 0.25) is 0 Å². The number of phenolic OH excluding ortho intramolecular Hbond substituents is 1. The van der Waals surface area contributed by atoms with Gasteiger partial charge in [-0.25, -0.2) is 0 Å². The van der Waals surface area contributed by atoms with Crippen LogP contribution < -0.4 is 0 Å². The highest BCUT2D eigenvalue weighted by molar-refractivity contribution is 7.86. The summed E-state index contributed by atoms with van der Waals surface area (Å²) in [6, 6.07) is 16.8. The van der Waals surface area contributed by atoms with Gasteiger partial charge in [-0.3, -0.25) is 4.55 Å². The Morgan fingerprint density at radius 2 is 1.48 bits per heavy atom. The molecule has 0 aliphatic heterocycles. The van der Waals surface area contributed by atoms with Gasteiger partial charge in [0, 0.05) is 10.9 Å². The van der Waals surface area contributed by atoms with E-state index in [4.69, 9.17) is 0 Å². The molecule has 0 bridgehead atoms. The molecular weight excluding hydrogens is 288 g/mol. The lowest BCUT2D eigenvalue weighted by Gasteiger charge is -2.12. The first kappa shape index (κ1) is 13.6. The quantitative estimate of drug-likeness (QED) is 0.711. The zero-order valence-electron chi connectivity index (χ0n) is 10.9. The zero-order valence-corrected chi connectivity index (χ0v) is 11.7. The van der Waals surface area contributed by atoms with E-state index in [0.29, 0.717) is 16.3 Å². The van der Waals surface area contributed by atoms with Crippen LogP contribution in [-0.2, 0) is 10.1 Å². The van der Waals surface area contributed by atoms with Crippen molar-refractivity contribution in [1.29, 1.82) is 0 Å². The minimum absolute atomic E-state index is 0.108. The molecule has 0 saturated carbocycles. The molecule has 5 heteroatoms. The van der Waals surface area contributed by atoms with Gasteiger partial charge in [-0.05, 0) is 17.0 Å². The number of rotatable bonds is 2. The summed E-state index contributed by atoms with van der Waals surface area (Å²) >= 11 is 0. The van der Waals surface area contributed by atoms with Crippen molar-refractivity contribution in [1.82, 2.24) is 0 Å². The van der Waals surface area contributed by atoms with E-state index in [-0.39, 0.29) is 16.2 Å². The minimum atomic E-state index is -4.46. The Hall–Kier alpha value is -2.37. The highest BCUT2D eigenvalue weighted by Gasteiger charge is 2.22. The molecular formula is C16H12O4S. The normalized spacial score (nSPS) is 11.7. The average Bonchev–Trinajstić information content (AvgIpc) is 2.47. The highest BCUT2D eigenvalue weighted by atomic mass is 32.2. The molecule has 0 spiro atoms. The molecule has 0 heterocycles. The van der Waals surface area contributed by atoms with Crippen molar-refractivity contribution in [3.05, 3.63) is 60.7 Å². The summed E-state index contributed by atoms with van der Waals surface area (Å²) < 4.78 is 32.8. The molecule has 0 aromatic heterocycles. The van der Waals surface area contributed by atoms with Crippen molar-refractivity contribution < 1.29 is 18.1 Å². The Bertz CT molecular complexity index is 916. The maximum Gasteiger partial charge on any atom is 0.295 e. The summed E-state index contributed by atoms with van der Waals surface area (Å²) in [6.45, 7) is 0. The van der Waals surface area contributed by atoms with Crippen LogP contribution in [0.2, 0.25) is 0 Å². The van der Waals surface area contributed by atoms with Gasteiger partial charge < -0.3 is 5.11 Å². The number of hydrogen-bond donors (Lipinski definition) is 2. The van der Waals surface area contributed by atoms with Crippen molar-refractivity contribution in [3.8, 4) is 16.9 Å². The van der Waals surface area contributed by atoms with E-state index in [1.54, 1.807) is 54.6 Å². The fourth-order valence-corrected chi connectivity index (χ4v) is 3.14. The number of hydrogen-bond acceptors (Lipinski definition) is 3. The van der Waals surface area contributed by atoms with Crippen molar-refractivity contribution in [2.24, 2.45) is 0 Å². The molecule has 0 amide bonds. The highest BCUT2D eigenvalue weighted by Crippen LogP contribution is 2.40. The first-order chi connectivity index (χ1) is 9.98. The number of benzene rings is 3. The van der Waals surface area contributed by atoms with Crippen molar-refractivity contribution >= 4 is 20.9 Å². The van der Waals surface area contributed by atoms with Crippen LogP contribution in [-0.4, -0.2) is 18.1 Å². The van der Waals surface area contributed by atoms with E-state index in [1.807, 2.05) is 0 Å². The molecule has 0 radical (unpaired) electrons. The third kappa shape index (κ3) is 2.37. The molecule has 2 N–H and O–H groups in total. The Kier molecular flexibility index (Phi) is 3.16. The number of fused-ring (bicyclic) bond motifs is 1. The van der Waals surface area contributed by atoms with Gasteiger partial charge in [-0.15, -0.1) is 0 Å². The third-order valence-corrected chi connectivity index (χ3v) is 4.20. The van der Waals surface area contributed by atoms with Crippen molar-refractivity contribution in [3.63, 3.8) is 0 Å². The number of phenols is 1. The summed E-state index contributed by atoms with van der Waals surface area (Å²) in [5.41, 5.74) is 0.630. The van der Waals surface area contributed by atoms with Crippen LogP contribution in [0, 0.1) is 0 Å². The maximum absolute atomic E-state index is 11.7. The smallest absolute Gasteiger partial charge is 0.295 e. The van der Waals surface area contributed by atoms with E-state index in [9.17, 15) is 18.1 Å². The molecule has 3 aromatic carbocycles. The summed E-state index contributed by atoms with van der Waals surface area (Å²) in [5, 5.41) is 11.5. The fraction of sp³-hybridized carbons (Fsp3) is 0. The molecule has 21 heavy (non-hydrogen) atoms. The summed E-state index contributed by atoms with van der Waals surface area (Å²) in [5.74, 6) is -0.160. The van der Waals surface area contributed by atoms with E-state index >= 15 is 0 Å². The molecule has 3 rings (SSSR count). The Balaban J connectivity index is 2.49. The Morgan fingerprint density at radius 1 is 0.857 bits per heavy atom. The van der Waals surface area contributed by atoms with E-state index < -0.39 is 10.1 Å². The van der Waals surface area contributed by atoms with Crippen LogP contribution in [0.5, 0.6) is 5.75 Å². The summed E-state index contributed by atoms with van der Waals surface area (Å²) in [7, 11) is -4.46. The van der Waals surface area contributed by atoms with Crippen LogP contribution in [0.3, 0.4) is 0 Å². The second-order valence-corrected chi connectivity index (χ2v) is 6.05. The average molecular weight is 300 g/mol. The van der Waals surface area contributed by atoms with Crippen molar-refractivity contribution in [2.45, 2.75) is 4.90 Å². The largest absolute Gasteiger partial charge is 0.507 e. The van der Waals surface area contributed by atoms with Gasteiger partial charge in [0.15, 0.2) is 0 Å². The monoisotopic (exact) mass is 300 g/mol. The maximum atomic E-state index is 11.7. The standard InChI is InChI=1S/C16H12O4S/c17-16-13-9-5-4-8-12(13)10-14(21(18,19)20)15(16)11-6-2-1-3-7-11/h1-10,17H,(H,18,19,20). The van der Waals surface area contributed by atoms with Crippen LogP contribution in [0.1, 0.15) is 0 Å². The van der Waals surface area contributed by atoms with Gasteiger partial charge >= 0.3 is 0 Å². The van der Waals surface area contributed by atoms with Gasteiger partial charge in [-0.1, -0.05) is 54.6 Å². The molecule has 3 aromatic rings. The second-order valence-electron chi connectivity index (χ2n) is 4.66. The number of aromatic hydroxyl groups is 1. The molecule has 0 saturated heterocycles. The summed E-state index contributed by atoms with van der Waals surface area (Å²) in [4.78, 5) is -0.301. The Morgan fingerprint density at radius 3 is 2.14 bits per heavy atom. The van der Waals surface area contributed by atoms with Gasteiger partial charge in [0.25, 0.3) is 10.1 Å². The van der Waals surface area contributed by atoms with Gasteiger partial charge in [0.1, 0.15) is 10.6 Å². The zero-order chi connectivity index (χ0) is 15.0. The molecule has 0 fully saturated rings. The van der Waals surface area contributed by atoms with Crippen LogP contribution in [0.25, 0.3) is 21.9 Å². The molecule has 4 nitrogen and oxygen atoms in total.